The average molecular weight is 574 g/mol. The smallest absolute Gasteiger partial charge is 0.263 e. The van der Waals surface area contributed by atoms with Crippen LogP contribution in [0.15, 0.2) is 95.9 Å². The van der Waals surface area contributed by atoms with E-state index in [1.54, 1.807) is 49.4 Å². The summed E-state index contributed by atoms with van der Waals surface area (Å²) >= 11 is 2.15. The minimum absolute atomic E-state index is 0.0878. The van der Waals surface area contributed by atoms with E-state index in [1.165, 1.54) is 23.5 Å². The van der Waals surface area contributed by atoms with Gasteiger partial charge in [-0.25, -0.2) is 13.4 Å². The van der Waals surface area contributed by atoms with Crippen LogP contribution >= 0.6 is 22.7 Å². The lowest BCUT2D eigenvalue weighted by Crippen LogP contribution is -2.12. The predicted molar refractivity (Wildman–Crippen MR) is 156 cm³/mol. The van der Waals surface area contributed by atoms with Crippen molar-refractivity contribution in [2.24, 2.45) is 0 Å². The van der Waals surface area contributed by atoms with Gasteiger partial charge in [-0.05, 0) is 44.2 Å². The largest absolute Gasteiger partial charge is 0.347 e. The van der Waals surface area contributed by atoms with Crippen LogP contribution in [0.5, 0.6) is 0 Å². The highest BCUT2D eigenvalue weighted by Crippen LogP contribution is 2.36. The summed E-state index contributed by atoms with van der Waals surface area (Å²) in [6, 6.07) is 26.3. The Kier molecular flexibility index (Phi) is 7.42. The molecule has 0 aliphatic carbocycles. The molecule has 0 bridgehead atoms. The van der Waals surface area contributed by atoms with Crippen molar-refractivity contribution < 1.29 is 18.0 Å². The molecule has 7 nitrogen and oxygen atoms in total. The molecule has 0 aliphatic heterocycles. The first-order valence-corrected chi connectivity index (χ1v) is 15.0. The van der Waals surface area contributed by atoms with Crippen molar-refractivity contribution in [2.75, 3.05) is 10.0 Å². The third-order valence-corrected chi connectivity index (χ3v) is 9.43. The number of carbonyl (C=O) groups excluding carboxylic acids is 2. The molecule has 2 aromatic heterocycles. The number of sulfonamides is 1. The number of nitrogens with one attached hydrogen (secondary N) is 2. The summed E-state index contributed by atoms with van der Waals surface area (Å²) in [6.07, 6.45) is 0. The van der Waals surface area contributed by atoms with E-state index in [2.05, 4.69) is 15.0 Å². The van der Waals surface area contributed by atoms with Gasteiger partial charge in [0.2, 0.25) is 11.6 Å². The molecule has 0 saturated carbocycles. The van der Waals surface area contributed by atoms with Crippen molar-refractivity contribution in [1.82, 2.24) is 4.98 Å². The van der Waals surface area contributed by atoms with Crippen molar-refractivity contribution in [3.05, 3.63) is 123 Å². The van der Waals surface area contributed by atoms with Crippen molar-refractivity contribution >= 4 is 60.1 Å². The minimum Gasteiger partial charge on any atom is -0.347 e. The van der Waals surface area contributed by atoms with Gasteiger partial charge in [-0.3, -0.25) is 14.3 Å². The van der Waals surface area contributed by atoms with Crippen LogP contribution in [0.3, 0.4) is 0 Å². The molecule has 3 aromatic carbocycles. The number of rotatable bonds is 9. The van der Waals surface area contributed by atoms with Gasteiger partial charge in [-0.1, -0.05) is 77.6 Å². The fourth-order valence-electron chi connectivity index (χ4n) is 3.81. The van der Waals surface area contributed by atoms with E-state index < -0.39 is 10.0 Å². The number of anilines is 3. The summed E-state index contributed by atoms with van der Waals surface area (Å²) in [6.45, 7) is 3.52. The Bertz CT molecular complexity index is 1760. The lowest BCUT2D eigenvalue weighted by atomic mass is 10.1. The molecule has 39 heavy (non-hydrogen) atoms. The second kappa shape index (κ2) is 10.9. The summed E-state index contributed by atoms with van der Waals surface area (Å²) in [5.41, 5.74) is 2.92. The van der Waals surface area contributed by atoms with Crippen LogP contribution < -0.4 is 10.0 Å². The van der Waals surface area contributed by atoms with E-state index in [1.807, 2.05) is 43.3 Å². The topological polar surface area (TPSA) is 105 Å². The number of ketones is 2. The number of carbonyl (C=O) groups is 2. The average Bonchev–Trinajstić information content (AvgIpc) is 3.52. The molecular weight excluding hydrogens is 551 g/mol. The Balaban J connectivity index is 1.49. The van der Waals surface area contributed by atoms with Gasteiger partial charge in [-0.2, -0.15) is 0 Å². The van der Waals surface area contributed by atoms with Gasteiger partial charge in [0.15, 0.2) is 5.13 Å². The van der Waals surface area contributed by atoms with Crippen LogP contribution in [0.4, 0.5) is 15.8 Å². The first-order valence-electron chi connectivity index (χ1n) is 11.9. The molecule has 0 atom stereocenters. The van der Waals surface area contributed by atoms with Crippen LogP contribution in [-0.2, 0) is 10.0 Å². The highest BCUT2D eigenvalue weighted by Gasteiger charge is 2.26. The molecule has 2 heterocycles. The first kappa shape index (κ1) is 26.5. The predicted octanol–water partition coefficient (Wildman–Crippen LogP) is 6.83. The van der Waals surface area contributed by atoms with Crippen molar-refractivity contribution in [3.8, 4) is 0 Å². The number of thiophene rings is 1. The molecule has 0 unspecified atom stereocenters. The summed E-state index contributed by atoms with van der Waals surface area (Å²) in [5.74, 6) is -0.545. The number of aryl methyl sites for hydroxylation is 2. The Labute approximate surface area is 234 Å². The summed E-state index contributed by atoms with van der Waals surface area (Å²) in [4.78, 5) is 32.1. The number of para-hydroxylation sites is 1. The molecule has 196 valence electrons. The quantitative estimate of drug-likeness (QED) is 0.187. The Morgan fingerprint density at radius 2 is 1.44 bits per heavy atom. The van der Waals surface area contributed by atoms with Crippen LogP contribution in [0.1, 0.15) is 41.7 Å². The van der Waals surface area contributed by atoms with Gasteiger partial charge in [0.05, 0.1) is 21.0 Å². The number of nitrogens with zero attached hydrogens (tertiary/aromatic N) is 1. The summed E-state index contributed by atoms with van der Waals surface area (Å²) in [5, 5.41) is 3.86. The summed E-state index contributed by atoms with van der Waals surface area (Å²) in [7, 11) is -3.88. The van der Waals surface area contributed by atoms with Crippen molar-refractivity contribution in [3.63, 3.8) is 0 Å². The van der Waals surface area contributed by atoms with Crippen LogP contribution in [0.2, 0.25) is 0 Å². The maximum Gasteiger partial charge on any atom is 0.263 e. The Morgan fingerprint density at radius 1 is 0.795 bits per heavy atom. The van der Waals surface area contributed by atoms with Crippen molar-refractivity contribution in [1.29, 1.82) is 0 Å². The number of hydrogen-bond acceptors (Lipinski definition) is 8. The molecule has 2 N–H and O–H groups in total. The molecule has 5 aromatic rings. The normalized spacial score (nSPS) is 11.2. The molecular formula is C29H23N3O4S3. The van der Waals surface area contributed by atoms with Crippen LogP contribution in [0.25, 0.3) is 0 Å². The van der Waals surface area contributed by atoms with Crippen molar-refractivity contribution in [2.45, 2.75) is 18.7 Å². The fraction of sp³-hybridized carbons (Fsp3) is 0.0690. The number of benzene rings is 3. The standard InChI is InChI=1S/C29H23N3O4S3/c1-18-13-15-22(16-14-18)39(35,36)32-29-30-19(2)27(38-29)26(34)23-17-24(25(33)20-9-5-3-6-10-20)37-28(23)31-21-11-7-4-8-12-21/h3-17,31H,1-2H3,(H,30,32). The highest BCUT2D eigenvalue weighted by molar-refractivity contribution is 7.93. The number of hydrogen-bond donors (Lipinski definition) is 2. The van der Waals surface area contributed by atoms with Gasteiger partial charge in [0, 0.05) is 11.3 Å². The minimum atomic E-state index is -3.88. The molecule has 5 rings (SSSR count). The third kappa shape index (κ3) is 5.83. The lowest BCUT2D eigenvalue weighted by Gasteiger charge is -2.06. The molecule has 0 aliphatic rings. The monoisotopic (exact) mass is 573 g/mol. The lowest BCUT2D eigenvalue weighted by molar-refractivity contribution is 0.104. The fourth-order valence-corrected chi connectivity index (χ4v) is 7.01. The Hall–Kier alpha value is -4.12. The maximum absolute atomic E-state index is 13.8. The van der Waals surface area contributed by atoms with E-state index in [0.29, 0.717) is 26.7 Å². The van der Waals surface area contributed by atoms with Gasteiger partial charge >= 0.3 is 0 Å². The number of thiazole rings is 1. The maximum atomic E-state index is 13.8. The highest BCUT2D eigenvalue weighted by atomic mass is 32.2. The summed E-state index contributed by atoms with van der Waals surface area (Å²) < 4.78 is 28.2. The second-order valence-electron chi connectivity index (χ2n) is 8.72. The van der Waals surface area contributed by atoms with E-state index in [9.17, 15) is 18.0 Å². The van der Waals surface area contributed by atoms with E-state index >= 15 is 0 Å². The molecule has 0 fully saturated rings. The van der Waals surface area contributed by atoms with Gasteiger partial charge < -0.3 is 5.32 Å². The Morgan fingerprint density at radius 3 is 2.10 bits per heavy atom. The van der Waals surface area contributed by atoms with Gasteiger partial charge in [-0.15, -0.1) is 11.3 Å². The third-order valence-electron chi connectivity index (χ3n) is 5.82. The zero-order chi connectivity index (χ0) is 27.6. The SMILES string of the molecule is Cc1ccc(S(=O)(=O)Nc2nc(C)c(C(=O)c3cc(C(=O)c4ccccc4)sc3Nc3ccccc3)s2)cc1. The van der Waals surface area contributed by atoms with E-state index in [-0.39, 0.29) is 26.5 Å². The van der Waals surface area contributed by atoms with Gasteiger partial charge in [0.25, 0.3) is 10.0 Å². The van der Waals surface area contributed by atoms with E-state index in [0.717, 1.165) is 22.6 Å². The number of aromatic nitrogens is 1. The first-order chi connectivity index (χ1) is 18.7. The molecule has 0 radical (unpaired) electrons. The van der Waals surface area contributed by atoms with Crippen LogP contribution in [-0.4, -0.2) is 25.0 Å². The van der Waals surface area contributed by atoms with E-state index in [4.69, 9.17) is 0 Å². The second-order valence-corrected chi connectivity index (χ2v) is 12.5. The van der Waals surface area contributed by atoms with Crippen LogP contribution in [0, 0.1) is 13.8 Å². The zero-order valence-corrected chi connectivity index (χ0v) is 23.4. The van der Waals surface area contributed by atoms with Gasteiger partial charge in [0.1, 0.15) is 9.88 Å². The zero-order valence-electron chi connectivity index (χ0n) is 21.0. The molecule has 10 heteroatoms. The molecule has 0 saturated heterocycles. The molecule has 0 spiro atoms. The molecule has 0 amide bonds.